The first kappa shape index (κ1) is 12.0. The molecule has 3 nitrogen and oxygen atoms in total. The van der Waals surface area contributed by atoms with E-state index >= 15 is 0 Å². The molecular weight excluding hydrogens is 222 g/mol. The third-order valence-corrected chi connectivity index (χ3v) is 4.43. The van der Waals surface area contributed by atoms with Gasteiger partial charge in [-0.3, -0.25) is 9.88 Å². The molecule has 2 fully saturated rings. The van der Waals surface area contributed by atoms with Crippen LogP contribution in [0.3, 0.4) is 0 Å². The third kappa shape index (κ3) is 2.66. The van der Waals surface area contributed by atoms with Gasteiger partial charge in [0, 0.05) is 50.3 Å². The monoisotopic (exact) mass is 245 g/mol. The number of pyridine rings is 1. The maximum absolute atomic E-state index is 4.09. The Hall–Kier alpha value is -1.09. The van der Waals surface area contributed by atoms with Gasteiger partial charge in [-0.1, -0.05) is 19.3 Å². The van der Waals surface area contributed by atoms with E-state index in [9.17, 15) is 0 Å². The molecule has 0 unspecified atom stereocenters. The fraction of sp³-hybridized carbons (Fsp3) is 0.667. The van der Waals surface area contributed by atoms with Crippen LogP contribution in [0.5, 0.6) is 0 Å². The maximum Gasteiger partial charge on any atom is 0.0397 e. The highest BCUT2D eigenvalue weighted by Gasteiger charge is 2.24. The van der Waals surface area contributed by atoms with Crippen molar-refractivity contribution in [2.45, 2.75) is 38.1 Å². The molecule has 1 aliphatic heterocycles. The molecule has 98 valence electrons. The summed E-state index contributed by atoms with van der Waals surface area (Å²) < 4.78 is 0. The second kappa shape index (κ2) is 5.70. The Kier molecular flexibility index (Phi) is 3.79. The van der Waals surface area contributed by atoms with Crippen molar-refractivity contribution in [3.8, 4) is 0 Å². The van der Waals surface area contributed by atoms with Crippen LogP contribution in [0.4, 0.5) is 5.69 Å². The zero-order valence-corrected chi connectivity index (χ0v) is 11.1. The van der Waals surface area contributed by atoms with Gasteiger partial charge in [0.2, 0.25) is 0 Å². The van der Waals surface area contributed by atoms with Crippen molar-refractivity contribution in [2.24, 2.45) is 0 Å². The summed E-state index contributed by atoms with van der Waals surface area (Å²) in [4.78, 5) is 9.30. The van der Waals surface area contributed by atoms with Gasteiger partial charge in [-0.2, -0.15) is 0 Å². The molecule has 0 radical (unpaired) electrons. The van der Waals surface area contributed by atoms with Crippen LogP contribution >= 0.6 is 0 Å². The summed E-state index contributed by atoms with van der Waals surface area (Å²) in [6.07, 6.45) is 11.0. The Morgan fingerprint density at radius 3 is 2.22 bits per heavy atom. The lowest BCUT2D eigenvalue weighted by Crippen LogP contribution is -2.50. The van der Waals surface area contributed by atoms with Gasteiger partial charge in [0.1, 0.15) is 0 Å². The highest BCUT2D eigenvalue weighted by Crippen LogP contribution is 2.24. The zero-order chi connectivity index (χ0) is 12.2. The summed E-state index contributed by atoms with van der Waals surface area (Å²) in [6.45, 7) is 4.79. The molecule has 2 aliphatic rings. The van der Waals surface area contributed by atoms with Crippen LogP contribution in [0.2, 0.25) is 0 Å². The van der Waals surface area contributed by atoms with Crippen LogP contribution in [-0.2, 0) is 0 Å². The van der Waals surface area contributed by atoms with Gasteiger partial charge in [-0.25, -0.2) is 0 Å². The SMILES string of the molecule is c1cc(N2CCN(C3CCCCC3)CC2)ccn1. The Labute approximate surface area is 110 Å². The molecule has 1 saturated carbocycles. The average molecular weight is 245 g/mol. The summed E-state index contributed by atoms with van der Waals surface area (Å²) >= 11 is 0. The molecule has 0 atom stereocenters. The molecule has 0 amide bonds. The minimum atomic E-state index is 0.873. The normalized spacial score (nSPS) is 23.2. The molecule has 1 aromatic rings. The first-order chi connectivity index (χ1) is 8.93. The van der Waals surface area contributed by atoms with E-state index in [1.165, 1.54) is 64.0 Å². The summed E-state index contributed by atoms with van der Waals surface area (Å²) in [7, 11) is 0. The van der Waals surface area contributed by atoms with E-state index in [-0.39, 0.29) is 0 Å². The standard InChI is InChI=1S/C15H23N3/c1-2-4-14(5-3-1)17-10-12-18(13-11-17)15-6-8-16-9-7-15/h6-9,14H,1-5,10-13H2. The van der Waals surface area contributed by atoms with Crippen LogP contribution in [0.1, 0.15) is 32.1 Å². The fourth-order valence-corrected chi connectivity index (χ4v) is 3.35. The lowest BCUT2D eigenvalue weighted by atomic mass is 9.94. The van der Waals surface area contributed by atoms with Crippen molar-refractivity contribution in [1.82, 2.24) is 9.88 Å². The van der Waals surface area contributed by atoms with Gasteiger partial charge < -0.3 is 4.90 Å². The topological polar surface area (TPSA) is 19.4 Å². The van der Waals surface area contributed by atoms with Gasteiger partial charge in [-0.15, -0.1) is 0 Å². The van der Waals surface area contributed by atoms with E-state index in [2.05, 4.69) is 26.9 Å². The Bertz CT molecular complexity index is 351. The zero-order valence-electron chi connectivity index (χ0n) is 11.1. The molecule has 0 bridgehead atoms. The second-order valence-electron chi connectivity index (χ2n) is 5.52. The van der Waals surface area contributed by atoms with Gasteiger partial charge in [0.05, 0.1) is 0 Å². The maximum atomic E-state index is 4.09. The molecule has 3 rings (SSSR count). The largest absolute Gasteiger partial charge is 0.369 e. The molecule has 1 saturated heterocycles. The lowest BCUT2D eigenvalue weighted by molar-refractivity contribution is 0.148. The summed E-state index contributed by atoms with van der Waals surface area (Å²) in [5.74, 6) is 0. The van der Waals surface area contributed by atoms with Crippen LogP contribution in [0.25, 0.3) is 0 Å². The van der Waals surface area contributed by atoms with Crippen LogP contribution in [0, 0.1) is 0 Å². The number of hydrogen-bond donors (Lipinski definition) is 0. The first-order valence-electron chi connectivity index (χ1n) is 7.32. The molecular formula is C15H23N3. The summed E-state index contributed by atoms with van der Waals surface area (Å²) in [6, 6.07) is 5.12. The van der Waals surface area contributed by atoms with E-state index in [1.54, 1.807) is 0 Å². The predicted octanol–water partition coefficient (Wildman–Crippen LogP) is 2.54. The number of hydrogen-bond acceptors (Lipinski definition) is 3. The minimum absolute atomic E-state index is 0.873. The van der Waals surface area contributed by atoms with Crippen molar-refractivity contribution in [3.05, 3.63) is 24.5 Å². The van der Waals surface area contributed by atoms with Crippen molar-refractivity contribution in [3.63, 3.8) is 0 Å². The van der Waals surface area contributed by atoms with Crippen molar-refractivity contribution >= 4 is 5.69 Å². The Morgan fingerprint density at radius 1 is 0.889 bits per heavy atom. The molecule has 3 heteroatoms. The van der Waals surface area contributed by atoms with E-state index in [1.807, 2.05) is 12.4 Å². The van der Waals surface area contributed by atoms with E-state index in [0.717, 1.165) is 6.04 Å². The molecule has 1 aromatic heterocycles. The molecule has 18 heavy (non-hydrogen) atoms. The Morgan fingerprint density at radius 2 is 1.56 bits per heavy atom. The summed E-state index contributed by atoms with van der Waals surface area (Å²) in [5.41, 5.74) is 1.33. The molecule has 0 spiro atoms. The number of nitrogens with zero attached hydrogens (tertiary/aromatic N) is 3. The summed E-state index contributed by atoms with van der Waals surface area (Å²) in [5, 5.41) is 0. The highest BCUT2D eigenvalue weighted by atomic mass is 15.3. The lowest BCUT2D eigenvalue weighted by Gasteiger charge is -2.41. The highest BCUT2D eigenvalue weighted by molar-refractivity contribution is 5.44. The van der Waals surface area contributed by atoms with Gasteiger partial charge in [0.15, 0.2) is 0 Å². The number of anilines is 1. The molecule has 2 heterocycles. The number of aromatic nitrogens is 1. The predicted molar refractivity (Wildman–Crippen MR) is 74.9 cm³/mol. The molecule has 0 N–H and O–H groups in total. The van der Waals surface area contributed by atoms with Crippen LogP contribution < -0.4 is 4.90 Å². The number of piperazine rings is 1. The Balaban J connectivity index is 1.54. The van der Waals surface area contributed by atoms with E-state index in [4.69, 9.17) is 0 Å². The van der Waals surface area contributed by atoms with Gasteiger partial charge in [-0.05, 0) is 25.0 Å². The third-order valence-electron chi connectivity index (χ3n) is 4.43. The van der Waals surface area contributed by atoms with E-state index in [0.29, 0.717) is 0 Å². The van der Waals surface area contributed by atoms with Crippen LogP contribution in [-0.4, -0.2) is 42.1 Å². The first-order valence-corrected chi connectivity index (χ1v) is 7.32. The van der Waals surface area contributed by atoms with Gasteiger partial charge in [0.25, 0.3) is 0 Å². The minimum Gasteiger partial charge on any atom is -0.369 e. The molecule has 1 aliphatic carbocycles. The fourth-order valence-electron chi connectivity index (χ4n) is 3.35. The number of rotatable bonds is 2. The molecule has 0 aromatic carbocycles. The van der Waals surface area contributed by atoms with Gasteiger partial charge >= 0.3 is 0 Å². The second-order valence-corrected chi connectivity index (χ2v) is 5.52. The van der Waals surface area contributed by atoms with Crippen molar-refractivity contribution in [1.29, 1.82) is 0 Å². The van der Waals surface area contributed by atoms with Crippen molar-refractivity contribution < 1.29 is 0 Å². The smallest absolute Gasteiger partial charge is 0.0397 e. The average Bonchev–Trinajstić information content (AvgIpc) is 2.49. The van der Waals surface area contributed by atoms with E-state index < -0.39 is 0 Å². The quantitative estimate of drug-likeness (QED) is 0.798. The van der Waals surface area contributed by atoms with Crippen molar-refractivity contribution in [2.75, 3.05) is 31.1 Å². The van der Waals surface area contributed by atoms with Crippen LogP contribution in [0.15, 0.2) is 24.5 Å².